The van der Waals surface area contributed by atoms with Crippen molar-refractivity contribution in [2.24, 2.45) is 0 Å². The largest absolute Gasteiger partial charge is 0.506 e. The lowest BCUT2D eigenvalue weighted by Crippen LogP contribution is -2.27. The minimum absolute atomic E-state index is 0.291. The Morgan fingerprint density at radius 2 is 1.58 bits per heavy atom. The van der Waals surface area contributed by atoms with Crippen molar-refractivity contribution in [1.82, 2.24) is 0 Å². The minimum atomic E-state index is -0.636. The highest BCUT2D eigenvalue weighted by molar-refractivity contribution is 6.35. The summed E-state index contributed by atoms with van der Waals surface area (Å²) in [5, 5.41) is 11.1. The fourth-order valence-corrected chi connectivity index (χ4v) is 3.14. The summed E-state index contributed by atoms with van der Waals surface area (Å²) in [7, 11) is 0. The van der Waals surface area contributed by atoms with Gasteiger partial charge in [-0.05, 0) is 56.5 Å². The predicted octanol–water partition coefficient (Wildman–Crippen LogP) is 4.23. The van der Waals surface area contributed by atoms with Crippen molar-refractivity contribution >= 4 is 40.3 Å². The van der Waals surface area contributed by atoms with Crippen LogP contribution in [0.2, 0.25) is 5.02 Å². The SMILES string of the molecule is CC(C)=C(C)c1c(Cl)ccc(C(O)=C2C(=O)CC(=O)CC2=O)c1C. The molecular formula is C19H19ClO4. The Morgan fingerprint density at radius 3 is 2.08 bits per heavy atom. The lowest BCUT2D eigenvalue weighted by molar-refractivity contribution is -0.132. The first kappa shape index (κ1) is 18.1. The molecule has 5 heteroatoms. The van der Waals surface area contributed by atoms with Gasteiger partial charge in [0.2, 0.25) is 0 Å². The monoisotopic (exact) mass is 346 g/mol. The molecule has 0 saturated heterocycles. The molecule has 4 nitrogen and oxygen atoms in total. The summed E-state index contributed by atoms with van der Waals surface area (Å²) in [5.41, 5.74) is 3.58. The van der Waals surface area contributed by atoms with Crippen LogP contribution in [0, 0.1) is 6.92 Å². The molecule has 1 fully saturated rings. The van der Waals surface area contributed by atoms with E-state index in [4.69, 9.17) is 11.6 Å². The van der Waals surface area contributed by atoms with Gasteiger partial charge in [0.25, 0.3) is 0 Å². The molecule has 1 N–H and O–H groups in total. The second-order valence-electron chi connectivity index (χ2n) is 6.18. The summed E-state index contributed by atoms with van der Waals surface area (Å²) in [6.07, 6.45) is -0.699. The molecule has 0 atom stereocenters. The zero-order chi connectivity index (χ0) is 18.2. The number of hydrogen-bond donors (Lipinski definition) is 1. The van der Waals surface area contributed by atoms with Crippen LogP contribution < -0.4 is 0 Å². The van der Waals surface area contributed by atoms with Crippen molar-refractivity contribution in [2.45, 2.75) is 40.5 Å². The molecule has 0 aromatic heterocycles. The lowest BCUT2D eigenvalue weighted by Gasteiger charge is -2.18. The average Bonchev–Trinajstić information content (AvgIpc) is 2.45. The Balaban J connectivity index is 2.70. The number of carbonyl (C=O) groups is 3. The minimum Gasteiger partial charge on any atom is -0.506 e. The van der Waals surface area contributed by atoms with Crippen LogP contribution in [0.4, 0.5) is 0 Å². The Hall–Kier alpha value is -2.20. The lowest BCUT2D eigenvalue weighted by atomic mass is 9.87. The molecule has 1 aromatic rings. The van der Waals surface area contributed by atoms with Gasteiger partial charge in [-0.2, -0.15) is 0 Å². The standard InChI is InChI=1S/C19H19ClO4/c1-9(2)10(3)17-11(4)13(5-6-14(17)20)19(24)18-15(22)7-12(21)8-16(18)23/h5-6,24H,7-8H2,1-4H3. The van der Waals surface area contributed by atoms with Gasteiger partial charge in [0.05, 0.1) is 12.8 Å². The van der Waals surface area contributed by atoms with Crippen molar-refractivity contribution in [3.63, 3.8) is 0 Å². The zero-order valence-corrected chi connectivity index (χ0v) is 14.9. The number of hydrogen-bond acceptors (Lipinski definition) is 4. The van der Waals surface area contributed by atoms with Crippen LogP contribution in [0.3, 0.4) is 0 Å². The molecule has 0 spiro atoms. The summed E-state index contributed by atoms with van der Waals surface area (Å²) >= 11 is 6.30. The normalized spacial score (nSPS) is 14.9. The van der Waals surface area contributed by atoms with Gasteiger partial charge < -0.3 is 5.11 Å². The fourth-order valence-electron chi connectivity index (χ4n) is 2.80. The van der Waals surface area contributed by atoms with Crippen LogP contribution in [0.15, 0.2) is 23.3 Å². The van der Waals surface area contributed by atoms with Crippen LogP contribution in [0.25, 0.3) is 11.3 Å². The number of benzene rings is 1. The summed E-state index contributed by atoms with van der Waals surface area (Å²) in [6.45, 7) is 7.61. The molecule has 2 rings (SSSR count). The zero-order valence-electron chi connectivity index (χ0n) is 14.1. The van der Waals surface area contributed by atoms with E-state index in [1.54, 1.807) is 19.1 Å². The molecule has 1 aromatic carbocycles. The number of Topliss-reactive ketones (excluding diaryl/α,β-unsaturated/α-hetero) is 3. The third kappa shape index (κ3) is 3.20. The second-order valence-corrected chi connectivity index (χ2v) is 6.59. The Morgan fingerprint density at radius 1 is 1.04 bits per heavy atom. The van der Waals surface area contributed by atoms with Crippen LogP contribution in [0.1, 0.15) is 50.3 Å². The van der Waals surface area contributed by atoms with Gasteiger partial charge in [0, 0.05) is 10.6 Å². The maximum absolute atomic E-state index is 12.0. The Labute approximate surface area is 145 Å². The molecule has 24 heavy (non-hydrogen) atoms. The van der Waals surface area contributed by atoms with Crippen LogP contribution in [0.5, 0.6) is 0 Å². The van der Waals surface area contributed by atoms with Crippen molar-refractivity contribution in [3.05, 3.63) is 45.0 Å². The first-order chi connectivity index (χ1) is 11.1. The number of allylic oxidation sites excluding steroid dienone is 3. The topological polar surface area (TPSA) is 71.4 Å². The predicted molar refractivity (Wildman–Crippen MR) is 93.9 cm³/mol. The van der Waals surface area contributed by atoms with Gasteiger partial charge in [0.15, 0.2) is 11.6 Å². The Bertz CT molecular complexity index is 802. The van der Waals surface area contributed by atoms with Crippen molar-refractivity contribution in [3.8, 4) is 0 Å². The number of ketones is 3. The molecule has 1 aliphatic carbocycles. The summed E-state index contributed by atoms with van der Waals surface area (Å²) < 4.78 is 0. The number of aliphatic hydroxyl groups is 1. The van der Waals surface area contributed by atoms with Gasteiger partial charge in [-0.25, -0.2) is 0 Å². The number of aliphatic hydroxyl groups excluding tert-OH is 1. The molecule has 0 amide bonds. The van der Waals surface area contributed by atoms with Crippen LogP contribution in [-0.2, 0) is 14.4 Å². The van der Waals surface area contributed by atoms with E-state index in [1.807, 2.05) is 20.8 Å². The molecular weight excluding hydrogens is 328 g/mol. The van der Waals surface area contributed by atoms with E-state index in [0.717, 1.165) is 16.7 Å². The summed E-state index contributed by atoms with van der Waals surface area (Å²) in [6, 6.07) is 3.21. The van der Waals surface area contributed by atoms with Crippen LogP contribution >= 0.6 is 11.6 Å². The smallest absolute Gasteiger partial charge is 0.177 e. The Kier molecular flexibility index (Phi) is 5.09. The fraction of sp³-hybridized carbons (Fsp3) is 0.316. The van der Waals surface area contributed by atoms with E-state index < -0.39 is 17.3 Å². The van der Waals surface area contributed by atoms with E-state index in [9.17, 15) is 19.5 Å². The van der Waals surface area contributed by atoms with Gasteiger partial charge in [-0.15, -0.1) is 0 Å². The molecule has 1 saturated carbocycles. The van der Waals surface area contributed by atoms with Gasteiger partial charge in [-0.3, -0.25) is 14.4 Å². The molecule has 0 unspecified atom stereocenters. The molecule has 0 radical (unpaired) electrons. The molecule has 0 aliphatic heterocycles. The van der Waals surface area contributed by atoms with E-state index >= 15 is 0 Å². The van der Waals surface area contributed by atoms with Gasteiger partial charge in [-0.1, -0.05) is 17.2 Å². The summed E-state index contributed by atoms with van der Waals surface area (Å²) in [5.74, 6) is -2.07. The first-order valence-corrected chi connectivity index (χ1v) is 7.98. The first-order valence-electron chi connectivity index (χ1n) is 7.60. The van der Waals surface area contributed by atoms with Crippen molar-refractivity contribution in [1.29, 1.82) is 0 Å². The molecule has 126 valence electrons. The summed E-state index contributed by atoms with van der Waals surface area (Å²) in [4.78, 5) is 35.4. The van der Waals surface area contributed by atoms with Gasteiger partial charge in [0.1, 0.15) is 17.1 Å². The molecule has 0 heterocycles. The molecule has 0 bridgehead atoms. The average molecular weight is 347 g/mol. The number of halogens is 1. The van der Waals surface area contributed by atoms with E-state index in [1.165, 1.54) is 0 Å². The highest BCUT2D eigenvalue weighted by Crippen LogP contribution is 2.34. The van der Waals surface area contributed by atoms with Gasteiger partial charge >= 0.3 is 0 Å². The second kappa shape index (κ2) is 6.73. The maximum atomic E-state index is 12.0. The third-order valence-electron chi connectivity index (χ3n) is 4.30. The highest BCUT2D eigenvalue weighted by Gasteiger charge is 2.32. The van der Waals surface area contributed by atoms with Crippen molar-refractivity contribution < 1.29 is 19.5 Å². The maximum Gasteiger partial charge on any atom is 0.177 e. The quantitative estimate of drug-likeness (QED) is 0.376. The highest BCUT2D eigenvalue weighted by atomic mass is 35.5. The molecule has 1 aliphatic rings. The van der Waals surface area contributed by atoms with E-state index in [2.05, 4.69) is 0 Å². The van der Waals surface area contributed by atoms with E-state index in [-0.39, 0.29) is 24.2 Å². The number of carbonyl (C=O) groups excluding carboxylic acids is 3. The number of rotatable bonds is 2. The third-order valence-corrected chi connectivity index (χ3v) is 4.62. The van der Waals surface area contributed by atoms with Crippen LogP contribution in [-0.4, -0.2) is 22.5 Å². The van der Waals surface area contributed by atoms with E-state index in [0.29, 0.717) is 16.1 Å². The van der Waals surface area contributed by atoms with Crippen molar-refractivity contribution in [2.75, 3.05) is 0 Å².